The Balaban J connectivity index is 0.00000288. The number of rotatable bonds is 9. The van der Waals surface area contributed by atoms with Crippen LogP contribution in [0.5, 0.6) is 0 Å². The fourth-order valence-corrected chi connectivity index (χ4v) is 4.68. The summed E-state index contributed by atoms with van der Waals surface area (Å²) in [5.74, 6) is 1.99. The Hall–Kier alpha value is -0.280. The fraction of sp³-hybridized carbons (Fsp3) is 0.950. The van der Waals surface area contributed by atoms with E-state index in [4.69, 9.17) is 4.74 Å². The normalized spacial score (nSPS) is 30.4. The predicted octanol–water partition coefficient (Wildman–Crippen LogP) is 4.92. The van der Waals surface area contributed by atoms with Crippen molar-refractivity contribution < 1.29 is 9.53 Å². The second-order valence-corrected chi connectivity index (χ2v) is 8.47. The summed E-state index contributed by atoms with van der Waals surface area (Å²) in [5, 5.41) is 0. The molecule has 0 aliphatic heterocycles. The highest BCUT2D eigenvalue weighted by molar-refractivity contribution is 5.85. The fourth-order valence-electron chi connectivity index (χ4n) is 4.68. The van der Waals surface area contributed by atoms with E-state index >= 15 is 0 Å². The van der Waals surface area contributed by atoms with E-state index < -0.39 is 0 Å². The highest BCUT2D eigenvalue weighted by atomic mass is 35.5. The lowest BCUT2D eigenvalue weighted by Crippen LogP contribution is -2.57. The lowest BCUT2D eigenvalue weighted by molar-refractivity contribution is -0.186. The summed E-state index contributed by atoms with van der Waals surface area (Å²) in [6.07, 6.45) is 7.23. The van der Waals surface area contributed by atoms with E-state index in [2.05, 4.69) is 39.5 Å². The molecule has 4 atom stereocenters. The van der Waals surface area contributed by atoms with Gasteiger partial charge in [-0.05, 0) is 61.9 Å². The molecule has 0 aromatic heterocycles. The Bertz CT molecular complexity index is 391. The Morgan fingerprint density at radius 3 is 2.17 bits per heavy atom. The smallest absolute Gasteiger partial charge is 0.320 e. The Morgan fingerprint density at radius 2 is 1.71 bits per heavy atom. The molecule has 0 unspecified atom stereocenters. The Morgan fingerprint density at radius 1 is 1.12 bits per heavy atom. The van der Waals surface area contributed by atoms with Crippen molar-refractivity contribution in [3.05, 3.63) is 0 Å². The predicted molar refractivity (Wildman–Crippen MR) is 103 cm³/mol. The van der Waals surface area contributed by atoms with Gasteiger partial charge in [0.2, 0.25) is 0 Å². The molecule has 0 radical (unpaired) electrons. The maximum Gasteiger partial charge on any atom is 0.320 e. The molecule has 0 spiro atoms. The number of hydrogen-bond acceptors (Lipinski definition) is 3. The quantitative estimate of drug-likeness (QED) is 0.547. The van der Waals surface area contributed by atoms with Crippen LogP contribution >= 0.6 is 12.4 Å². The molecule has 24 heavy (non-hydrogen) atoms. The third-order valence-corrected chi connectivity index (χ3v) is 6.58. The lowest BCUT2D eigenvalue weighted by atomic mass is 9.45. The number of halogens is 1. The molecule has 3 fully saturated rings. The molecule has 3 rings (SSSR count). The van der Waals surface area contributed by atoms with Gasteiger partial charge in [0.15, 0.2) is 0 Å². The topological polar surface area (TPSA) is 29.5 Å². The van der Waals surface area contributed by atoms with Crippen LogP contribution in [0.1, 0.15) is 73.1 Å². The molecule has 0 heterocycles. The average molecular weight is 360 g/mol. The van der Waals surface area contributed by atoms with Gasteiger partial charge in [0, 0.05) is 0 Å². The zero-order valence-electron chi connectivity index (χ0n) is 16.3. The van der Waals surface area contributed by atoms with Gasteiger partial charge in [0.25, 0.3) is 0 Å². The Kier molecular flexibility index (Phi) is 8.55. The molecular formula is C20H38ClNO2. The van der Waals surface area contributed by atoms with Crippen LogP contribution in [0.2, 0.25) is 0 Å². The summed E-state index contributed by atoms with van der Waals surface area (Å²) in [5.41, 5.74) is 0.455. The van der Waals surface area contributed by atoms with Crippen molar-refractivity contribution in [1.29, 1.82) is 0 Å². The van der Waals surface area contributed by atoms with Crippen LogP contribution in [0.4, 0.5) is 0 Å². The zero-order valence-corrected chi connectivity index (χ0v) is 17.2. The third kappa shape index (κ3) is 4.88. The van der Waals surface area contributed by atoms with Crippen LogP contribution in [0.25, 0.3) is 0 Å². The van der Waals surface area contributed by atoms with Crippen molar-refractivity contribution in [3.63, 3.8) is 0 Å². The maximum atomic E-state index is 12.4. The van der Waals surface area contributed by atoms with Gasteiger partial charge in [0.1, 0.15) is 6.10 Å². The Labute approximate surface area is 155 Å². The van der Waals surface area contributed by atoms with Crippen LogP contribution in [-0.4, -0.2) is 36.6 Å². The SMILES string of the molecule is CCCCN(CCCC)CC(=O)O[C@@H]1C[C@@H]2C[C@H]([C@H]1C)C2(C)C.Cl. The van der Waals surface area contributed by atoms with Crippen LogP contribution in [-0.2, 0) is 9.53 Å². The van der Waals surface area contributed by atoms with E-state index in [0.29, 0.717) is 17.9 Å². The molecule has 142 valence electrons. The van der Waals surface area contributed by atoms with Crippen LogP contribution in [0.3, 0.4) is 0 Å². The zero-order chi connectivity index (χ0) is 17.0. The van der Waals surface area contributed by atoms with E-state index in [-0.39, 0.29) is 24.5 Å². The van der Waals surface area contributed by atoms with Crippen molar-refractivity contribution in [2.75, 3.05) is 19.6 Å². The van der Waals surface area contributed by atoms with Crippen molar-refractivity contribution in [3.8, 4) is 0 Å². The standard InChI is InChI=1S/C20H37NO2.ClH/c1-6-8-10-21(11-9-7-2)14-19(22)23-18-13-16-12-17(15(18)3)20(16,4)5;/h15-18H,6-14H2,1-5H3;1H/t15-,16+,17-,18-;/m1./s1. The van der Waals surface area contributed by atoms with Gasteiger partial charge in [-0.25, -0.2) is 0 Å². The van der Waals surface area contributed by atoms with Crippen molar-refractivity contribution in [2.24, 2.45) is 23.2 Å². The highest BCUT2D eigenvalue weighted by Crippen LogP contribution is 2.61. The minimum atomic E-state index is -0.00633. The number of fused-ring (bicyclic) bond motifs is 2. The van der Waals surface area contributed by atoms with Gasteiger partial charge in [-0.15, -0.1) is 12.4 Å². The second kappa shape index (κ2) is 9.43. The molecule has 0 aromatic rings. The number of esters is 1. The van der Waals surface area contributed by atoms with Gasteiger partial charge in [-0.2, -0.15) is 0 Å². The van der Waals surface area contributed by atoms with Crippen molar-refractivity contribution in [2.45, 2.75) is 79.2 Å². The van der Waals surface area contributed by atoms with Crippen molar-refractivity contribution in [1.82, 2.24) is 4.90 Å². The van der Waals surface area contributed by atoms with Gasteiger partial charge < -0.3 is 4.74 Å². The molecule has 3 aliphatic carbocycles. The number of carbonyl (C=O) groups excluding carboxylic acids is 1. The molecule has 0 amide bonds. The van der Waals surface area contributed by atoms with E-state index in [1.165, 1.54) is 19.3 Å². The molecule has 3 saturated carbocycles. The number of nitrogens with zero attached hydrogens (tertiary/aromatic N) is 1. The second-order valence-electron chi connectivity index (χ2n) is 8.47. The molecule has 0 N–H and O–H groups in total. The summed E-state index contributed by atoms with van der Waals surface area (Å²) in [7, 11) is 0. The van der Waals surface area contributed by atoms with E-state index in [0.717, 1.165) is 44.2 Å². The number of hydrogen-bond donors (Lipinski definition) is 0. The molecule has 3 aliphatic rings. The van der Waals surface area contributed by atoms with Crippen LogP contribution in [0, 0.1) is 23.2 Å². The maximum absolute atomic E-state index is 12.4. The number of carbonyl (C=O) groups is 1. The summed E-state index contributed by atoms with van der Waals surface area (Å²) >= 11 is 0. The largest absolute Gasteiger partial charge is 0.461 e. The van der Waals surface area contributed by atoms with E-state index in [9.17, 15) is 4.79 Å². The molecule has 4 heteroatoms. The average Bonchev–Trinajstić information content (AvgIpc) is 2.51. The van der Waals surface area contributed by atoms with Gasteiger partial charge in [0.05, 0.1) is 6.54 Å². The van der Waals surface area contributed by atoms with E-state index in [1.807, 2.05) is 0 Å². The number of unbranched alkanes of at least 4 members (excludes halogenated alkanes) is 2. The minimum absolute atomic E-state index is 0. The number of ether oxygens (including phenoxy) is 1. The summed E-state index contributed by atoms with van der Waals surface area (Å²) in [6.45, 7) is 14.0. The molecular weight excluding hydrogens is 322 g/mol. The molecule has 0 aromatic carbocycles. The molecule has 3 nitrogen and oxygen atoms in total. The first-order chi connectivity index (χ1) is 10.9. The highest BCUT2D eigenvalue weighted by Gasteiger charge is 2.57. The molecule has 2 bridgehead atoms. The van der Waals surface area contributed by atoms with Crippen molar-refractivity contribution >= 4 is 18.4 Å². The van der Waals surface area contributed by atoms with Gasteiger partial charge in [-0.1, -0.05) is 47.5 Å². The van der Waals surface area contributed by atoms with E-state index in [1.54, 1.807) is 0 Å². The summed E-state index contributed by atoms with van der Waals surface area (Å²) < 4.78 is 5.91. The first kappa shape index (κ1) is 21.8. The monoisotopic (exact) mass is 359 g/mol. The van der Waals surface area contributed by atoms with Crippen LogP contribution < -0.4 is 0 Å². The summed E-state index contributed by atoms with van der Waals surface area (Å²) in [4.78, 5) is 14.7. The first-order valence-corrected chi connectivity index (χ1v) is 9.81. The third-order valence-electron chi connectivity index (χ3n) is 6.58. The first-order valence-electron chi connectivity index (χ1n) is 9.81. The molecule has 0 saturated heterocycles. The van der Waals surface area contributed by atoms with Gasteiger partial charge in [-0.3, -0.25) is 9.69 Å². The minimum Gasteiger partial charge on any atom is -0.461 e. The van der Waals surface area contributed by atoms with Crippen LogP contribution in [0.15, 0.2) is 0 Å². The van der Waals surface area contributed by atoms with Gasteiger partial charge >= 0.3 is 5.97 Å². The lowest BCUT2D eigenvalue weighted by Gasteiger charge is -2.61. The summed E-state index contributed by atoms with van der Waals surface area (Å²) in [6, 6.07) is 0.